The van der Waals surface area contributed by atoms with Crippen molar-refractivity contribution in [2.75, 3.05) is 13.1 Å². The maximum absolute atomic E-state index is 13.0. The molecule has 1 aromatic rings. The molecule has 0 spiro atoms. The van der Waals surface area contributed by atoms with E-state index in [2.05, 4.69) is 30.9 Å². The van der Waals surface area contributed by atoms with Crippen LogP contribution in [-0.4, -0.2) is 92.9 Å². The number of carboxylic acid groups (broad SMARTS) is 1. The first-order valence-electron chi connectivity index (χ1n) is 10.9. The third kappa shape index (κ3) is 5.32. The van der Waals surface area contributed by atoms with Crippen LogP contribution >= 0.6 is 11.8 Å². The average molecular weight is 530 g/mol. The molecule has 0 aliphatic carbocycles. The molecule has 1 aromatic heterocycles. The van der Waals surface area contributed by atoms with Crippen LogP contribution in [0.3, 0.4) is 0 Å². The Labute approximate surface area is 205 Å². The Hall–Kier alpha value is -2.60. The lowest BCUT2D eigenvalue weighted by Gasteiger charge is -2.47. The second-order valence-corrected chi connectivity index (χ2v) is 11.6. The molecule has 3 aliphatic rings. The average Bonchev–Trinajstić information content (AvgIpc) is 3.47. The van der Waals surface area contributed by atoms with Crippen LogP contribution in [0, 0.1) is 11.8 Å². The molecule has 17 heteroatoms. The molecule has 0 unspecified atom stereocenters. The lowest BCUT2D eigenvalue weighted by molar-refractivity contribution is -0.158. The Morgan fingerprint density at radius 3 is 2.80 bits per heavy atom. The molecule has 15 nitrogen and oxygen atoms in total. The quantitative estimate of drug-likeness (QED) is 0.195. The fraction of sp³-hybridized carbons (Fsp3) is 0.667. The number of hydrogen-bond donors (Lipinski definition) is 5. The lowest BCUT2D eigenvalue weighted by Crippen LogP contribution is -2.66. The first-order chi connectivity index (χ1) is 16.5. The summed E-state index contributed by atoms with van der Waals surface area (Å²) < 4.78 is 25.8. The Bertz CT molecular complexity index is 1140. The highest BCUT2D eigenvalue weighted by Crippen LogP contribution is 2.51. The van der Waals surface area contributed by atoms with E-state index in [4.69, 9.17) is 5.14 Å². The standard InChI is InChI=1S/C18H27N9O6S2/c1-8-14-13(9(2)23-12(28)6-26-7-21-24-25-26)17(29)27(14)15(18(30)31)16(8)34-11-3-10(20-5-11)4-22-35(19,32)33/h7-11,13-14,20,22H,3-6H2,1-2H3,(H,23,28)(H,30,31)(H2,19,32,33)/t8-,9-,10+,11+,13-,14-/m1/s1. The summed E-state index contributed by atoms with van der Waals surface area (Å²) in [4.78, 5) is 39.4. The fourth-order valence-corrected chi connectivity index (χ4v) is 6.86. The summed E-state index contributed by atoms with van der Waals surface area (Å²) >= 11 is 1.40. The van der Waals surface area contributed by atoms with Crippen molar-refractivity contribution in [2.24, 2.45) is 17.0 Å². The molecule has 6 N–H and O–H groups in total. The summed E-state index contributed by atoms with van der Waals surface area (Å²) in [5.41, 5.74) is -0.0212. The molecule has 35 heavy (non-hydrogen) atoms. The number of aliphatic carboxylic acids is 1. The summed E-state index contributed by atoms with van der Waals surface area (Å²) in [5.74, 6) is -2.69. The highest BCUT2D eigenvalue weighted by molar-refractivity contribution is 8.03. The molecule has 3 aliphatic heterocycles. The number of aromatic nitrogens is 4. The van der Waals surface area contributed by atoms with E-state index in [-0.39, 0.29) is 53.9 Å². The zero-order valence-electron chi connectivity index (χ0n) is 19.0. The van der Waals surface area contributed by atoms with Gasteiger partial charge in [0.2, 0.25) is 11.8 Å². The Morgan fingerprint density at radius 1 is 1.43 bits per heavy atom. The van der Waals surface area contributed by atoms with E-state index in [1.165, 1.54) is 27.7 Å². The fourth-order valence-electron chi connectivity index (χ4n) is 4.91. The summed E-state index contributed by atoms with van der Waals surface area (Å²) in [5, 5.41) is 31.5. The van der Waals surface area contributed by atoms with Gasteiger partial charge in [0.15, 0.2) is 0 Å². The van der Waals surface area contributed by atoms with Gasteiger partial charge in [-0.15, -0.1) is 16.9 Å². The summed E-state index contributed by atoms with van der Waals surface area (Å²) in [6, 6.07) is -1.04. The van der Waals surface area contributed by atoms with E-state index in [9.17, 15) is 27.9 Å². The second kappa shape index (κ2) is 9.81. The van der Waals surface area contributed by atoms with E-state index in [1.54, 1.807) is 6.92 Å². The molecule has 0 saturated carbocycles. The molecule has 192 valence electrons. The number of thioether (sulfide) groups is 1. The van der Waals surface area contributed by atoms with E-state index in [1.807, 2.05) is 6.92 Å². The molecular formula is C18H27N9O6S2. The van der Waals surface area contributed by atoms with Crippen LogP contribution in [0.15, 0.2) is 16.9 Å². The third-order valence-corrected chi connectivity index (χ3v) is 8.50. The van der Waals surface area contributed by atoms with Gasteiger partial charge in [-0.25, -0.2) is 19.3 Å². The maximum atomic E-state index is 13.0. The number of nitrogens with one attached hydrogen (secondary N) is 3. The molecule has 4 rings (SSSR count). The van der Waals surface area contributed by atoms with Gasteiger partial charge in [0.1, 0.15) is 18.6 Å². The van der Waals surface area contributed by atoms with E-state index >= 15 is 0 Å². The van der Waals surface area contributed by atoms with Crippen molar-refractivity contribution in [1.82, 2.24) is 40.5 Å². The van der Waals surface area contributed by atoms with Crippen molar-refractivity contribution in [1.29, 1.82) is 0 Å². The number of hydrogen-bond acceptors (Lipinski definition) is 10. The smallest absolute Gasteiger partial charge is 0.353 e. The molecule has 0 bridgehead atoms. The van der Waals surface area contributed by atoms with Gasteiger partial charge >= 0.3 is 5.97 Å². The van der Waals surface area contributed by atoms with Crippen molar-refractivity contribution in [2.45, 2.75) is 50.2 Å². The van der Waals surface area contributed by atoms with Crippen molar-refractivity contribution in [3.63, 3.8) is 0 Å². The number of nitrogens with zero attached hydrogens (tertiary/aromatic N) is 5. The van der Waals surface area contributed by atoms with Gasteiger partial charge in [0, 0.05) is 41.2 Å². The topological polar surface area (TPSA) is 215 Å². The van der Waals surface area contributed by atoms with Crippen molar-refractivity contribution >= 4 is 39.8 Å². The number of fused-ring (bicyclic) bond motifs is 1. The molecule has 4 heterocycles. The first kappa shape index (κ1) is 25.5. The van der Waals surface area contributed by atoms with E-state index in [0.717, 1.165) is 0 Å². The van der Waals surface area contributed by atoms with Gasteiger partial charge in [0.05, 0.1) is 12.0 Å². The molecule has 2 fully saturated rings. The van der Waals surface area contributed by atoms with Gasteiger partial charge < -0.3 is 20.6 Å². The van der Waals surface area contributed by atoms with Crippen molar-refractivity contribution in [3.05, 3.63) is 16.9 Å². The van der Waals surface area contributed by atoms with Crippen LogP contribution in [-0.2, 0) is 31.1 Å². The number of rotatable bonds is 10. The number of carboxylic acids is 1. The number of β-lactam (4-membered cyclic amide) rings is 1. The predicted molar refractivity (Wildman–Crippen MR) is 122 cm³/mol. The summed E-state index contributed by atoms with van der Waals surface area (Å²) in [7, 11) is -3.80. The van der Waals surface area contributed by atoms with Crippen LogP contribution < -0.4 is 20.5 Å². The SMILES string of the molecule is C[C@@H](NC(=O)Cn1cnnn1)[C@H]1C(=O)N2C(C(=O)O)=C(S[C@@H]3CN[C@H](CNS(N)(=O)=O)C3)[C@H](C)[C@H]12. The maximum Gasteiger partial charge on any atom is 0.353 e. The Morgan fingerprint density at radius 2 is 2.17 bits per heavy atom. The minimum absolute atomic E-state index is 0.00486. The molecule has 6 atom stereocenters. The normalized spacial score (nSPS) is 29.2. The number of carbonyl (C=O) groups is 3. The minimum atomic E-state index is -3.80. The largest absolute Gasteiger partial charge is 0.477 e. The third-order valence-electron chi connectivity index (χ3n) is 6.42. The Kier molecular flexibility index (Phi) is 7.14. The van der Waals surface area contributed by atoms with Gasteiger partial charge in [-0.05, 0) is 23.8 Å². The summed E-state index contributed by atoms with van der Waals surface area (Å²) in [6.45, 7) is 4.19. The molecule has 0 aromatic carbocycles. The minimum Gasteiger partial charge on any atom is -0.477 e. The number of carbonyl (C=O) groups excluding carboxylic acids is 2. The Balaban J connectivity index is 1.41. The predicted octanol–water partition coefficient (Wildman–Crippen LogP) is -2.79. The number of nitrogens with two attached hydrogens (primary N) is 1. The van der Waals surface area contributed by atoms with Crippen molar-refractivity contribution in [3.8, 4) is 0 Å². The number of tetrazole rings is 1. The highest BCUT2D eigenvalue weighted by atomic mass is 32.2. The lowest BCUT2D eigenvalue weighted by atomic mass is 9.78. The van der Waals surface area contributed by atoms with E-state index < -0.39 is 28.1 Å². The first-order valence-corrected chi connectivity index (χ1v) is 13.4. The molecule has 0 radical (unpaired) electrons. The number of amides is 2. The van der Waals surface area contributed by atoms with Crippen LogP contribution in [0.4, 0.5) is 0 Å². The van der Waals surface area contributed by atoms with Crippen LogP contribution in [0.1, 0.15) is 20.3 Å². The van der Waals surface area contributed by atoms with Gasteiger partial charge in [0.25, 0.3) is 10.2 Å². The summed E-state index contributed by atoms with van der Waals surface area (Å²) in [6.07, 6.45) is 1.90. The van der Waals surface area contributed by atoms with Crippen LogP contribution in [0.25, 0.3) is 0 Å². The molecule has 2 saturated heterocycles. The van der Waals surface area contributed by atoms with Gasteiger partial charge in [-0.3, -0.25) is 9.59 Å². The van der Waals surface area contributed by atoms with Crippen LogP contribution in [0.5, 0.6) is 0 Å². The second-order valence-electron chi connectivity index (χ2n) is 8.87. The zero-order chi connectivity index (χ0) is 25.5. The van der Waals surface area contributed by atoms with E-state index in [0.29, 0.717) is 17.9 Å². The zero-order valence-corrected chi connectivity index (χ0v) is 20.6. The monoisotopic (exact) mass is 529 g/mol. The van der Waals surface area contributed by atoms with Crippen molar-refractivity contribution < 1.29 is 27.9 Å². The van der Waals surface area contributed by atoms with Gasteiger partial charge in [-0.2, -0.15) is 8.42 Å². The molecule has 2 amide bonds. The van der Waals surface area contributed by atoms with Crippen LogP contribution in [0.2, 0.25) is 0 Å². The highest BCUT2D eigenvalue weighted by Gasteiger charge is 2.60. The molecular weight excluding hydrogens is 502 g/mol. The van der Waals surface area contributed by atoms with Gasteiger partial charge in [-0.1, -0.05) is 6.92 Å².